The van der Waals surface area contributed by atoms with E-state index in [0.29, 0.717) is 27.7 Å². The van der Waals surface area contributed by atoms with E-state index < -0.39 is 38.0 Å². The Morgan fingerprint density at radius 3 is 2.83 bits per heavy atom. The summed E-state index contributed by atoms with van der Waals surface area (Å²) >= 11 is 0. The number of halogens is 4. The first kappa shape index (κ1) is 19.8. The van der Waals surface area contributed by atoms with Crippen LogP contribution in [0.25, 0.3) is 27.7 Å². The van der Waals surface area contributed by atoms with Crippen LogP contribution in [0, 0.1) is 0 Å². The summed E-state index contributed by atoms with van der Waals surface area (Å²) in [4.78, 5) is 5.05. The van der Waals surface area contributed by atoms with Crippen LogP contribution < -0.4 is 10.1 Å². The molecule has 0 amide bonds. The minimum atomic E-state index is -3.35. The monoisotopic (exact) mass is 495 g/mol. The van der Waals surface area contributed by atoms with Gasteiger partial charge in [0, 0.05) is 22.4 Å². The zero-order chi connectivity index (χ0) is 27.4. The summed E-state index contributed by atoms with van der Waals surface area (Å²) in [7, 11) is 1.37. The SMILES string of the molecule is [2H]C([2H])([2H])N1CC[C@@H](Nc2nc(OC)c3c(-c4ccc5nnn([C@H](C)C(F)F)c5c4)ccn3n2)C(F)(F)C1. The standard InChI is InChI=1S/C22H24F4N8O/c1-12(19(23)24)34-16-10-13(4-5-15(16)29-31-34)14-6-9-33-18(14)20(35-3)28-21(30-33)27-17-7-8-32(2)11-22(17,25)26/h4-6,9-10,12,17,19H,7-8,11H2,1-3H3,(H,27,30)/t12-,17-/m1/s1/i2D3. The number of aromatic nitrogens is 6. The van der Waals surface area contributed by atoms with Gasteiger partial charge in [-0.25, -0.2) is 26.8 Å². The van der Waals surface area contributed by atoms with Gasteiger partial charge in [-0.3, -0.25) is 0 Å². The number of rotatable bonds is 6. The fourth-order valence-corrected chi connectivity index (χ4v) is 4.21. The highest BCUT2D eigenvalue weighted by molar-refractivity contribution is 5.89. The number of nitrogens with one attached hydrogen (secondary N) is 1. The quantitative estimate of drug-likeness (QED) is 0.408. The van der Waals surface area contributed by atoms with Gasteiger partial charge in [0.15, 0.2) is 0 Å². The lowest BCUT2D eigenvalue weighted by molar-refractivity contribution is -0.0675. The maximum Gasteiger partial charge on any atom is 0.280 e. The van der Waals surface area contributed by atoms with E-state index in [-0.39, 0.29) is 24.8 Å². The summed E-state index contributed by atoms with van der Waals surface area (Å²) in [6.07, 6.45) is -1.17. The third kappa shape index (κ3) is 4.13. The third-order valence-electron chi connectivity index (χ3n) is 6.11. The molecule has 35 heavy (non-hydrogen) atoms. The fourth-order valence-electron chi connectivity index (χ4n) is 4.21. The highest BCUT2D eigenvalue weighted by Gasteiger charge is 2.44. The normalized spacial score (nSPS) is 21.1. The van der Waals surface area contributed by atoms with Crippen molar-refractivity contribution in [2.75, 3.05) is 32.5 Å². The predicted octanol–water partition coefficient (Wildman–Crippen LogP) is 3.73. The summed E-state index contributed by atoms with van der Waals surface area (Å²) in [5.41, 5.74) is 2.55. The van der Waals surface area contributed by atoms with Gasteiger partial charge in [-0.2, -0.15) is 4.98 Å². The van der Waals surface area contributed by atoms with Gasteiger partial charge in [-0.05, 0) is 44.1 Å². The van der Waals surface area contributed by atoms with Crippen LogP contribution in [0.4, 0.5) is 23.5 Å². The van der Waals surface area contributed by atoms with Gasteiger partial charge in [0.1, 0.15) is 17.1 Å². The summed E-state index contributed by atoms with van der Waals surface area (Å²) in [6.45, 7) is -2.23. The van der Waals surface area contributed by atoms with E-state index in [4.69, 9.17) is 8.85 Å². The Morgan fingerprint density at radius 2 is 2.11 bits per heavy atom. The molecule has 186 valence electrons. The third-order valence-corrected chi connectivity index (χ3v) is 6.11. The molecule has 13 heteroatoms. The van der Waals surface area contributed by atoms with E-state index >= 15 is 0 Å². The van der Waals surface area contributed by atoms with Crippen molar-refractivity contribution in [3.63, 3.8) is 0 Å². The van der Waals surface area contributed by atoms with Crippen molar-refractivity contribution in [1.29, 1.82) is 0 Å². The van der Waals surface area contributed by atoms with E-state index in [9.17, 15) is 17.6 Å². The van der Waals surface area contributed by atoms with Crippen molar-refractivity contribution in [1.82, 2.24) is 34.5 Å². The van der Waals surface area contributed by atoms with E-state index in [1.807, 2.05) is 0 Å². The van der Waals surface area contributed by atoms with Crippen LogP contribution in [0.3, 0.4) is 0 Å². The van der Waals surface area contributed by atoms with Crippen molar-refractivity contribution in [2.24, 2.45) is 0 Å². The summed E-state index contributed by atoms with van der Waals surface area (Å²) in [6, 6.07) is 4.23. The lowest BCUT2D eigenvalue weighted by Gasteiger charge is -2.36. The van der Waals surface area contributed by atoms with Crippen molar-refractivity contribution in [3.8, 4) is 17.0 Å². The van der Waals surface area contributed by atoms with Gasteiger partial charge in [0.25, 0.3) is 12.3 Å². The van der Waals surface area contributed by atoms with Gasteiger partial charge in [0.05, 0.1) is 25.2 Å². The Balaban J connectivity index is 1.48. The lowest BCUT2D eigenvalue weighted by atomic mass is 10.0. The molecule has 9 nitrogen and oxygen atoms in total. The van der Waals surface area contributed by atoms with Crippen molar-refractivity contribution >= 4 is 22.5 Å². The largest absolute Gasteiger partial charge is 0.479 e. The Labute approximate surface area is 201 Å². The minimum absolute atomic E-state index is 0.0467. The lowest BCUT2D eigenvalue weighted by Crippen LogP contribution is -2.53. The number of nitrogens with zero attached hydrogens (tertiary/aromatic N) is 7. The molecule has 1 saturated heterocycles. The van der Waals surface area contributed by atoms with Crippen LogP contribution in [0.15, 0.2) is 30.5 Å². The van der Waals surface area contributed by atoms with Gasteiger partial charge < -0.3 is 15.0 Å². The van der Waals surface area contributed by atoms with E-state index in [0.717, 1.165) is 9.58 Å². The van der Waals surface area contributed by atoms with Crippen LogP contribution in [0.1, 0.15) is 23.5 Å². The minimum Gasteiger partial charge on any atom is -0.479 e. The Hall–Kier alpha value is -3.48. The molecule has 1 fully saturated rings. The highest BCUT2D eigenvalue weighted by atomic mass is 19.3. The average molecular weight is 495 g/mol. The molecular weight excluding hydrogens is 468 g/mol. The van der Waals surface area contributed by atoms with Gasteiger partial charge >= 0.3 is 0 Å². The number of alkyl halides is 4. The number of hydrogen-bond donors (Lipinski definition) is 1. The number of methoxy groups -OCH3 is 1. The zero-order valence-electron chi connectivity index (χ0n) is 21.8. The molecule has 0 unspecified atom stereocenters. The number of hydrogen-bond acceptors (Lipinski definition) is 7. The molecule has 0 radical (unpaired) electrons. The maximum absolute atomic E-state index is 14.8. The van der Waals surface area contributed by atoms with Crippen LogP contribution in [0.5, 0.6) is 5.88 Å². The number of piperidine rings is 1. The molecular formula is C22H24F4N8O. The summed E-state index contributed by atoms with van der Waals surface area (Å²) in [5, 5.41) is 14.8. The van der Waals surface area contributed by atoms with Crippen LogP contribution in [-0.2, 0) is 0 Å². The second-order valence-electron chi connectivity index (χ2n) is 8.45. The molecule has 0 spiro atoms. The number of fused-ring (bicyclic) bond motifs is 2. The summed E-state index contributed by atoms with van der Waals surface area (Å²) < 4.78 is 86.5. The number of likely N-dealkylation sites (tertiary alicyclic amines) is 1. The smallest absolute Gasteiger partial charge is 0.280 e. The first-order valence-electron chi connectivity index (χ1n) is 12.4. The molecule has 4 aromatic rings. The molecule has 1 aliphatic rings. The predicted molar refractivity (Wildman–Crippen MR) is 121 cm³/mol. The van der Waals surface area contributed by atoms with Crippen molar-refractivity contribution in [2.45, 2.75) is 37.8 Å². The van der Waals surface area contributed by atoms with Crippen molar-refractivity contribution in [3.05, 3.63) is 30.5 Å². The first-order chi connectivity index (χ1) is 17.9. The Morgan fingerprint density at radius 1 is 1.29 bits per heavy atom. The van der Waals surface area contributed by atoms with E-state index in [2.05, 4.69) is 25.7 Å². The average Bonchev–Trinajstić information content (AvgIpc) is 3.47. The maximum atomic E-state index is 14.8. The topological polar surface area (TPSA) is 85.4 Å². The molecule has 1 N–H and O–H groups in total. The van der Waals surface area contributed by atoms with Gasteiger partial charge in [0.2, 0.25) is 11.8 Å². The van der Waals surface area contributed by atoms with Gasteiger partial charge in [-0.1, -0.05) is 11.3 Å². The molecule has 5 rings (SSSR count). The molecule has 0 aliphatic carbocycles. The number of anilines is 1. The Kier molecular flexibility index (Phi) is 4.88. The summed E-state index contributed by atoms with van der Waals surface area (Å²) in [5.74, 6) is -3.37. The van der Waals surface area contributed by atoms with Crippen LogP contribution >= 0.6 is 0 Å². The second kappa shape index (κ2) is 8.63. The molecule has 0 saturated carbocycles. The Bertz CT molecular complexity index is 1470. The van der Waals surface area contributed by atoms with Gasteiger partial charge in [-0.15, -0.1) is 10.2 Å². The van der Waals surface area contributed by atoms with Crippen LogP contribution in [0.2, 0.25) is 0 Å². The molecule has 0 bridgehead atoms. The van der Waals surface area contributed by atoms with E-state index in [1.54, 1.807) is 30.5 Å². The zero-order valence-corrected chi connectivity index (χ0v) is 18.8. The second-order valence-corrected chi connectivity index (χ2v) is 8.45. The van der Waals surface area contributed by atoms with E-state index in [1.165, 1.54) is 18.5 Å². The molecule has 3 aromatic heterocycles. The fraction of sp³-hybridized carbons (Fsp3) is 0.455. The number of benzene rings is 1. The molecule has 1 aromatic carbocycles. The van der Waals surface area contributed by atoms with Crippen LogP contribution in [-0.4, -0.2) is 80.1 Å². The molecule has 1 aliphatic heterocycles. The number of ether oxygens (including phenoxy) is 1. The molecule has 2 atom stereocenters. The first-order valence-corrected chi connectivity index (χ1v) is 10.9. The molecule has 4 heterocycles. The highest BCUT2D eigenvalue weighted by Crippen LogP contribution is 2.34. The van der Waals surface area contributed by atoms with Crippen molar-refractivity contribution < 1.29 is 26.4 Å².